The molecular weight excluding hydrogens is 176 g/mol. The Kier molecular flexibility index (Phi) is 4.66. The lowest BCUT2D eigenvalue weighted by molar-refractivity contribution is -0.737. The summed E-state index contributed by atoms with van der Waals surface area (Å²) >= 11 is 0. The van der Waals surface area contributed by atoms with Gasteiger partial charge in [-0.2, -0.15) is 0 Å². The summed E-state index contributed by atoms with van der Waals surface area (Å²) in [5, 5.41) is 0. The predicted molar refractivity (Wildman–Crippen MR) is 55.9 cm³/mol. The lowest BCUT2D eigenvalue weighted by atomic mass is 10.3. The Morgan fingerprint density at radius 3 is 2.86 bits per heavy atom. The van der Waals surface area contributed by atoms with E-state index in [4.69, 9.17) is 4.74 Å². The van der Waals surface area contributed by atoms with Gasteiger partial charge in [-0.05, 0) is 13.3 Å². The molecular formula is C11H21N2O+. The van der Waals surface area contributed by atoms with Gasteiger partial charge >= 0.3 is 0 Å². The molecule has 3 heteroatoms. The molecule has 0 amide bonds. The zero-order valence-corrected chi connectivity index (χ0v) is 9.49. The molecule has 0 spiro atoms. The Bertz CT molecular complexity index is 243. The number of rotatable bonds is 6. The SMILES string of the molecule is CCCCn1cc[n+](COCC)c1C. The minimum Gasteiger partial charge on any atom is -0.342 e. The maximum Gasteiger partial charge on any atom is 0.255 e. The van der Waals surface area contributed by atoms with Crippen LogP contribution in [0.5, 0.6) is 0 Å². The Morgan fingerprint density at radius 1 is 1.43 bits per heavy atom. The highest BCUT2D eigenvalue weighted by Crippen LogP contribution is 1.98. The van der Waals surface area contributed by atoms with E-state index in [0.717, 1.165) is 13.2 Å². The molecule has 0 bridgehead atoms. The zero-order valence-electron chi connectivity index (χ0n) is 9.49. The summed E-state index contributed by atoms with van der Waals surface area (Å²) in [6.45, 7) is 8.92. The molecule has 1 rings (SSSR count). The third-order valence-corrected chi connectivity index (χ3v) is 2.44. The summed E-state index contributed by atoms with van der Waals surface area (Å²) < 4.78 is 9.79. The van der Waals surface area contributed by atoms with Crippen LogP contribution in [0.2, 0.25) is 0 Å². The van der Waals surface area contributed by atoms with Gasteiger partial charge in [-0.1, -0.05) is 13.3 Å². The van der Waals surface area contributed by atoms with Gasteiger partial charge in [-0.3, -0.25) is 0 Å². The molecule has 0 aliphatic carbocycles. The molecule has 0 aliphatic rings. The summed E-state index contributed by atoms with van der Waals surface area (Å²) in [6, 6.07) is 0. The van der Waals surface area contributed by atoms with Crippen LogP contribution in [0, 0.1) is 6.92 Å². The summed E-state index contributed by atoms with van der Waals surface area (Å²) in [5.41, 5.74) is 0. The van der Waals surface area contributed by atoms with Crippen molar-refractivity contribution in [1.82, 2.24) is 4.57 Å². The number of aromatic nitrogens is 2. The first-order valence-corrected chi connectivity index (χ1v) is 5.42. The Labute approximate surface area is 86.3 Å². The summed E-state index contributed by atoms with van der Waals surface area (Å²) in [4.78, 5) is 0. The third kappa shape index (κ3) is 2.84. The minimum absolute atomic E-state index is 0.668. The molecule has 0 saturated heterocycles. The first-order valence-electron chi connectivity index (χ1n) is 5.42. The van der Waals surface area contributed by atoms with Crippen LogP contribution in [0.1, 0.15) is 32.5 Å². The second-order valence-electron chi connectivity index (χ2n) is 3.48. The second kappa shape index (κ2) is 5.81. The molecule has 1 heterocycles. The normalized spacial score (nSPS) is 10.8. The van der Waals surface area contributed by atoms with Gasteiger partial charge in [-0.15, -0.1) is 0 Å². The fourth-order valence-electron chi connectivity index (χ4n) is 1.43. The maximum absolute atomic E-state index is 5.37. The number of unbranched alkanes of at least 4 members (excludes halogenated alkanes) is 1. The molecule has 0 aliphatic heterocycles. The maximum atomic E-state index is 5.37. The average Bonchev–Trinajstić information content (AvgIpc) is 2.54. The number of imidazole rings is 1. The highest BCUT2D eigenvalue weighted by Gasteiger charge is 2.10. The summed E-state index contributed by atoms with van der Waals surface area (Å²) in [7, 11) is 0. The summed E-state index contributed by atoms with van der Waals surface area (Å²) in [6.07, 6.45) is 6.69. The van der Waals surface area contributed by atoms with Crippen molar-refractivity contribution in [3.8, 4) is 0 Å². The van der Waals surface area contributed by atoms with Crippen molar-refractivity contribution >= 4 is 0 Å². The van der Waals surface area contributed by atoms with Crippen LogP contribution in [-0.4, -0.2) is 11.2 Å². The molecule has 80 valence electrons. The van der Waals surface area contributed by atoms with E-state index in [9.17, 15) is 0 Å². The minimum atomic E-state index is 0.668. The standard InChI is InChI=1S/C11H21N2O/c1-4-6-7-12-8-9-13(11(12)3)10-14-5-2/h8-9H,4-7,10H2,1-3H3/q+1. The van der Waals surface area contributed by atoms with Gasteiger partial charge in [0.15, 0.2) is 6.73 Å². The highest BCUT2D eigenvalue weighted by atomic mass is 16.5. The van der Waals surface area contributed by atoms with Crippen molar-refractivity contribution in [3.05, 3.63) is 18.2 Å². The van der Waals surface area contributed by atoms with Crippen LogP contribution in [-0.2, 0) is 18.0 Å². The molecule has 0 fully saturated rings. The molecule has 0 unspecified atom stereocenters. The van der Waals surface area contributed by atoms with Crippen molar-refractivity contribution in [2.24, 2.45) is 0 Å². The lowest BCUT2D eigenvalue weighted by Crippen LogP contribution is -2.36. The molecule has 3 nitrogen and oxygen atoms in total. The van der Waals surface area contributed by atoms with E-state index in [2.05, 4.69) is 35.4 Å². The monoisotopic (exact) mass is 197 g/mol. The van der Waals surface area contributed by atoms with E-state index in [1.54, 1.807) is 0 Å². The van der Waals surface area contributed by atoms with Crippen molar-refractivity contribution in [2.45, 2.75) is 46.9 Å². The van der Waals surface area contributed by atoms with Gasteiger partial charge in [0.2, 0.25) is 0 Å². The van der Waals surface area contributed by atoms with Gasteiger partial charge < -0.3 is 4.74 Å². The second-order valence-corrected chi connectivity index (χ2v) is 3.48. The van der Waals surface area contributed by atoms with Crippen LogP contribution < -0.4 is 4.57 Å². The molecule has 1 aromatic rings. The molecule has 0 atom stereocenters. The summed E-state index contributed by atoms with van der Waals surface area (Å²) in [5.74, 6) is 1.27. The highest BCUT2D eigenvalue weighted by molar-refractivity contribution is 4.78. The first-order chi connectivity index (χ1) is 6.79. The molecule has 0 saturated carbocycles. The van der Waals surface area contributed by atoms with Crippen LogP contribution in [0.15, 0.2) is 12.4 Å². The fraction of sp³-hybridized carbons (Fsp3) is 0.727. The largest absolute Gasteiger partial charge is 0.342 e. The fourth-order valence-corrected chi connectivity index (χ4v) is 1.43. The lowest BCUT2D eigenvalue weighted by Gasteiger charge is -2.00. The number of nitrogens with zero attached hydrogens (tertiary/aromatic N) is 2. The van der Waals surface area contributed by atoms with Crippen LogP contribution >= 0.6 is 0 Å². The van der Waals surface area contributed by atoms with Gasteiger partial charge in [0.1, 0.15) is 12.4 Å². The third-order valence-electron chi connectivity index (χ3n) is 2.44. The van der Waals surface area contributed by atoms with E-state index >= 15 is 0 Å². The zero-order chi connectivity index (χ0) is 10.4. The van der Waals surface area contributed by atoms with Crippen molar-refractivity contribution in [2.75, 3.05) is 6.61 Å². The quantitative estimate of drug-likeness (QED) is 0.637. The Morgan fingerprint density at radius 2 is 2.21 bits per heavy atom. The Hall–Kier alpha value is -0.830. The van der Waals surface area contributed by atoms with E-state index in [1.165, 1.54) is 18.7 Å². The molecule has 14 heavy (non-hydrogen) atoms. The first kappa shape index (κ1) is 11.2. The molecule has 0 aromatic carbocycles. The van der Waals surface area contributed by atoms with E-state index < -0.39 is 0 Å². The number of aryl methyl sites for hydroxylation is 1. The number of hydrogen-bond acceptors (Lipinski definition) is 1. The smallest absolute Gasteiger partial charge is 0.255 e. The number of ether oxygens (including phenoxy) is 1. The molecule has 1 aromatic heterocycles. The van der Waals surface area contributed by atoms with Crippen LogP contribution in [0.4, 0.5) is 0 Å². The van der Waals surface area contributed by atoms with Crippen LogP contribution in [0.3, 0.4) is 0 Å². The van der Waals surface area contributed by atoms with Crippen molar-refractivity contribution in [3.63, 3.8) is 0 Å². The average molecular weight is 197 g/mol. The van der Waals surface area contributed by atoms with Crippen LogP contribution in [0.25, 0.3) is 0 Å². The number of hydrogen-bond donors (Lipinski definition) is 0. The topological polar surface area (TPSA) is 18.0 Å². The van der Waals surface area contributed by atoms with E-state index in [1.807, 2.05) is 6.92 Å². The molecule has 0 radical (unpaired) electrons. The van der Waals surface area contributed by atoms with E-state index in [0.29, 0.717) is 6.73 Å². The van der Waals surface area contributed by atoms with Gasteiger partial charge in [0.05, 0.1) is 6.54 Å². The molecule has 0 N–H and O–H groups in total. The Balaban J connectivity index is 2.55. The van der Waals surface area contributed by atoms with Crippen molar-refractivity contribution < 1.29 is 9.30 Å². The van der Waals surface area contributed by atoms with E-state index in [-0.39, 0.29) is 0 Å². The predicted octanol–water partition coefficient (Wildman–Crippen LogP) is 1.88. The van der Waals surface area contributed by atoms with Gasteiger partial charge in [0, 0.05) is 13.5 Å². The van der Waals surface area contributed by atoms with Crippen molar-refractivity contribution in [1.29, 1.82) is 0 Å². The van der Waals surface area contributed by atoms with Gasteiger partial charge in [0.25, 0.3) is 5.82 Å². The van der Waals surface area contributed by atoms with Gasteiger partial charge in [-0.25, -0.2) is 9.13 Å².